The van der Waals surface area contributed by atoms with Crippen LogP contribution in [0.1, 0.15) is 36.2 Å². The van der Waals surface area contributed by atoms with Crippen molar-refractivity contribution >= 4 is 9.84 Å². The highest BCUT2D eigenvalue weighted by atomic mass is 32.2. The molecule has 0 saturated carbocycles. The summed E-state index contributed by atoms with van der Waals surface area (Å²) in [5.41, 5.74) is 7.12. The molecule has 0 saturated heterocycles. The molecule has 108 valence electrons. The zero-order valence-corrected chi connectivity index (χ0v) is 12.2. The van der Waals surface area contributed by atoms with Gasteiger partial charge in [-0.15, -0.1) is 0 Å². The molecule has 0 bridgehead atoms. The minimum atomic E-state index is -3.18. The van der Waals surface area contributed by atoms with E-state index in [9.17, 15) is 8.42 Å². The highest BCUT2D eigenvalue weighted by molar-refractivity contribution is 7.89. The molecule has 1 heterocycles. The Morgan fingerprint density at radius 1 is 1.30 bits per heavy atom. The zero-order chi connectivity index (χ0) is 14.8. The Bertz CT molecular complexity index is 667. The van der Waals surface area contributed by atoms with E-state index < -0.39 is 9.84 Å². The van der Waals surface area contributed by atoms with Crippen molar-refractivity contribution in [3.05, 3.63) is 47.6 Å². The lowest BCUT2D eigenvalue weighted by molar-refractivity contribution is 0.341. The topological polar surface area (TPSA) is 99.1 Å². The molecular weight excluding hydrogens is 278 g/mol. The number of hydrogen-bond donors (Lipinski definition) is 1. The smallest absolute Gasteiger partial charge is 0.231 e. The van der Waals surface area contributed by atoms with Crippen molar-refractivity contribution in [2.24, 2.45) is 5.73 Å². The standard InChI is InChI=1S/C13H17N3O3S/c1-9(12(14)10-6-4-3-5-7-10)13-15-11(16-19-13)8-20(2,17)18/h3-7,9,12H,8,14H2,1-2H3. The van der Waals surface area contributed by atoms with Crippen molar-refractivity contribution in [3.63, 3.8) is 0 Å². The van der Waals surface area contributed by atoms with E-state index in [0.29, 0.717) is 5.89 Å². The maximum Gasteiger partial charge on any atom is 0.231 e. The Balaban J connectivity index is 2.15. The van der Waals surface area contributed by atoms with Crippen LogP contribution in [-0.4, -0.2) is 24.8 Å². The van der Waals surface area contributed by atoms with E-state index in [-0.39, 0.29) is 23.5 Å². The Labute approximate surface area is 117 Å². The maximum atomic E-state index is 11.2. The predicted octanol–water partition coefficient (Wildman–Crippen LogP) is 1.42. The van der Waals surface area contributed by atoms with Gasteiger partial charge in [0.05, 0.1) is 5.92 Å². The summed E-state index contributed by atoms with van der Waals surface area (Å²) in [7, 11) is -3.18. The molecule has 2 rings (SSSR count). The maximum absolute atomic E-state index is 11.2. The fourth-order valence-electron chi connectivity index (χ4n) is 1.86. The first-order chi connectivity index (χ1) is 9.37. The minimum absolute atomic E-state index is 0.162. The van der Waals surface area contributed by atoms with Gasteiger partial charge in [0.25, 0.3) is 0 Å². The van der Waals surface area contributed by atoms with Gasteiger partial charge in [-0.25, -0.2) is 8.42 Å². The van der Waals surface area contributed by atoms with Crippen LogP contribution in [-0.2, 0) is 15.6 Å². The quantitative estimate of drug-likeness (QED) is 0.895. The monoisotopic (exact) mass is 295 g/mol. The normalized spacial score (nSPS) is 14.9. The second kappa shape index (κ2) is 5.72. The van der Waals surface area contributed by atoms with Gasteiger partial charge in [-0.05, 0) is 5.56 Å². The third-order valence-corrected chi connectivity index (χ3v) is 3.77. The summed E-state index contributed by atoms with van der Waals surface area (Å²) < 4.78 is 27.5. The van der Waals surface area contributed by atoms with Gasteiger partial charge in [0.2, 0.25) is 5.89 Å². The summed E-state index contributed by atoms with van der Waals surface area (Å²) in [6, 6.07) is 9.29. The van der Waals surface area contributed by atoms with Gasteiger partial charge >= 0.3 is 0 Å². The molecule has 0 amide bonds. The third-order valence-electron chi connectivity index (χ3n) is 2.99. The van der Waals surface area contributed by atoms with Crippen molar-refractivity contribution in [2.75, 3.05) is 6.26 Å². The van der Waals surface area contributed by atoms with Crippen LogP contribution in [0.3, 0.4) is 0 Å². The number of hydrogen-bond acceptors (Lipinski definition) is 6. The Morgan fingerprint density at radius 2 is 1.95 bits per heavy atom. The summed E-state index contributed by atoms with van der Waals surface area (Å²) >= 11 is 0. The van der Waals surface area contributed by atoms with Crippen LogP contribution >= 0.6 is 0 Å². The first kappa shape index (κ1) is 14.7. The summed E-state index contributed by atoms with van der Waals surface area (Å²) in [5.74, 6) is 0.0805. The number of benzene rings is 1. The highest BCUT2D eigenvalue weighted by Crippen LogP contribution is 2.27. The molecule has 2 aromatic rings. The molecule has 0 radical (unpaired) electrons. The Hall–Kier alpha value is -1.73. The van der Waals surface area contributed by atoms with Crippen molar-refractivity contribution < 1.29 is 12.9 Å². The number of aromatic nitrogens is 2. The highest BCUT2D eigenvalue weighted by Gasteiger charge is 2.23. The largest absolute Gasteiger partial charge is 0.339 e. The van der Waals surface area contributed by atoms with Crippen molar-refractivity contribution in [2.45, 2.75) is 24.6 Å². The van der Waals surface area contributed by atoms with E-state index >= 15 is 0 Å². The van der Waals surface area contributed by atoms with Gasteiger partial charge in [0.1, 0.15) is 5.75 Å². The first-order valence-corrected chi connectivity index (χ1v) is 8.23. The van der Waals surface area contributed by atoms with Crippen molar-refractivity contribution in [1.82, 2.24) is 10.1 Å². The molecule has 7 heteroatoms. The van der Waals surface area contributed by atoms with Crippen LogP contribution in [0.25, 0.3) is 0 Å². The summed E-state index contributed by atoms with van der Waals surface area (Å²) in [6.45, 7) is 1.87. The molecule has 1 aromatic heterocycles. The molecular formula is C13H17N3O3S. The molecule has 0 aliphatic heterocycles. The molecule has 2 unspecified atom stereocenters. The SMILES string of the molecule is CC(c1nc(CS(C)(=O)=O)no1)C(N)c1ccccc1. The van der Waals surface area contributed by atoms with Crippen LogP contribution in [0.5, 0.6) is 0 Å². The van der Waals surface area contributed by atoms with Crippen LogP contribution in [0.2, 0.25) is 0 Å². The summed E-state index contributed by atoms with van der Waals surface area (Å²) in [6.07, 6.45) is 1.13. The average Bonchev–Trinajstić information content (AvgIpc) is 2.84. The number of sulfone groups is 1. The molecule has 6 nitrogen and oxygen atoms in total. The summed E-state index contributed by atoms with van der Waals surface area (Å²) in [5, 5.41) is 3.68. The Kier molecular flexibility index (Phi) is 4.20. The van der Waals surface area contributed by atoms with Crippen LogP contribution < -0.4 is 5.73 Å². The fraction of sp³-hybridized carbons (Fsp3) is 0.385. The molecule has 1 aromatic carbocycles. The molecule has 0 spiro atoms. The lowest BCUT2D eigenvalue weighted by Gasteiger charge is -2.16. The Morgan fingerprint density at radius 3 is 2.55 bits per heavy atom. The van der Waals surface area contributed by atoms with Gasteiger partial charge in [-0.3, -0.25) is 0 Å². The van der Waals surface area contributed by atoms with E-state index in [1.54, 1.807) is 0 Å². The average molecular weight is 295 g/mol. The molecule has 20 heavy (non-hydrogen) atoms. The van der Waals surface area contributed by atoms with Crippen molar-refractivity contribution in [3.8, 4) is 0 Å². The van der Waals surface area contributed by atoms with Crippen molar-refractivity contribution in [1.29, 1.82) is 0 Å². The van der Waals surface area contributed by atoms with E-state index in [4.69, 9.17) is 10.3 Å². The van der Waals surface area contributed by atoms with Gasteiger partial charge in [-0.1, -0.05) is 42.4 Å². The lowest BCUT2D eigenvalue weighted by Crippen LogP contribution is -2.18. The zero-order valence-electron chi connectivity index (χ0n) is 11.4. The van der Waals surface area contributed by atoms with E-state index in [1.165, 1.54) is 0 Å². The molecule has 0 fully saturated rings. The van der Waals surface area contributed by atoms with E-state index in [2.05, 4.69) is 10.1 Å². The van der Waals surface area contributed by atoms with Gasteiger partial charge in [-0.2, -0.15) is 4.98 Å². The van der Waals surface area contributed by atoms with Gasteiger partial charge in [0.15, 0.2) is 15.7 Å². The summed E-state index contributed by atoms with van der Waals surface area (Å²) in [4.78, 5) is 4.11. The predicted molar refractivity (Wildman–Crippen MR) is 74.6 cm³/mol. The molecule has 2 N–H and O–H groups in total. The van der Waals surface area contributed by atoms with Crippen LogP contribution in [0.4, 0.5) is 0 Å². The second-order valence-corrected chi connectivity index (χ2v) is 6.98. The van der Waals surface area contributed by atoms with E-state index in [1.807, 2.05) is 37.3 Å². The van der Waals surface area contributed by atoms with Gasteiger partial charge in [0, 0.05) is 12.3 Å². The van der Waals surface area contributed by atoms with Gasteiger partial charge < -0.3 is 10.3 Å². The molecule has 2 atom stereocenters. The molecule has 0 aliphatic rings. The number of rotatable bonds is 5. The minimum Gasteiger partial charge on any atom is -0.339 e. The second-order valence-electron chi connectivity index (χ2n) is 4.84. The third kappa shape index (κ3) is 3.64. The van der Waals surface area contributed by atoms with E-state index in [0.717, 1.165) is 11.8 Å². The number of nitrogens with zero attached hydrogens (tertiary/aromatic N) is 2. The number of nitrogens with two attached hydrogens (primary N) is 1. The van der Waals surface area contributed by atoms with Crippen LogP contribution in [0, 0.1) is 0 Å². The molecule has 0 aliphatic carbocycles. The van der Waals surface area contributed by atoms with Crippen LogP contribution in [0.15, 0.2) is 34.9 Å². The fourth-order valence-corrected chi connectivity index (χ4v) is 2.45. The first-order valence-electron chi connectivity index (χ1n) is 6.17. The lowest BCUT2D eigenvalue weighted by atomic mass is 9.95.